The minimum atomic E-state index is -0.0251. The number of piperidine rings is 1. The summed E-state index contributed by atoms with van der Waals surface area (Å²) in [6.07, 6.45) is 3.92. The van der Waals surface area contributed by atoms with Crippen LogP contribution in [0.3, 0.4) is 0 Å². The number of pyridine rings is 1. The van der Waals surface area contributed by atoms with Gasteiger partial charge < -0.3 is 20.3 Å². The van der Waals surface area contributed by atoms with Gasteiger partial charge in [0.2, 0.25) is 0 Å². The molecule has 1 aliphatic rings. The zero-order valence-corrected chi connectivity index (χ0v) is 12.8. The molecule has 1 aliphatic heterocycles. The second-order valence-electron chi connectivity index (χ2n) is 5.45. The Hall–Kier alpha value is -1.66. The molecular formula is C15H24N4O2. The van der Waals surface area contributed by atoms with Crippen LogP contribution in [0.25, 0.3) is 0 Å². The number of nitrogens with zero attached hydrogens (tertiary/aromatic N) is 3. The number of nitrogens with two attached hydrogens (primary N) is 1. The molecule has 0 spiro atoms. The zero-order valence-electron chi connectivity index (χ0n) is 12.8. The molecule has 1 aromatic rings. The van der Waals surface area contributed by atoms with Crippen LogP contribution in [0, 0.1) is 0 Å². The van der Waals surface area contributed by atoms with E-state index in [0.717, 1.165) is 31.7 Å². The van der Waals surface area contributed by atoms with E-state index < -0.39 is 0 Å². The predicted octanol–water partition coefficient (Wildman–Crippen LogP) is 0.728. The van der Waals surface area contributed by atoms with Gasteiger partial charge in [0, 0.05) is 39.9 Å². The van der Waals surface area contributed by atoms with Gasteiger partial charge in [0.25, 0.3) is 5.91 Å². The van der Waals surface area contributed by atoms with Crippen LogP contribution in [0.15, 0.2) is 18.3 Å². The van der Waals surface area contributed by atoms with E-state index in [0.29, 0.717) is 24.8 Å². The van der Waals surface area contributed by atoms with Crippen molar-refractivity contribution in [2.45, 2.75) is 18.9 Å². The number of anilines is 1. The smallest absolute Gasteiger partial charge is 0.254 e. The fourth-order valence-electron chi connectivity index (χ4n) is 2.44. The minimum absolute atomic E-state index is 0.0251. The third kappa shape index (κ3) is 4.15. The molecule has 21 heavy (non-hydrogen) atoms. The maximum Gasteiger partial charge on any atom is 0.254 e. The molecule has 0 aliphatic carbocycles. The highest BCUT2D eigenvalue weighted by Gasteiger charge is 2.20. The average molecular weight is 292 g/mol. The summed E-state index contributed by atoms with van der Waals surface area (Å²) in [6, 6.07) is 3.75. The van der Waals surface area contributed by atoms with E-state index in [1.165, 1.54) is 0 Å². The van der Waals surface area contributed by atoms with Gasteiger partial charge in [-0.1, -0.05) is 0 Å². The largest absolute Gasteiger partial charge is 0.377 e. The molecule has 2 rings (SSSR count). The van der Waals surface area contributed by atoms with Crippen LogP contribution in [0.2, 0.25) is 0 Å². The fraction of sp³-hybridized carbons (Fsp3) is 0.600. The van der Waals surface area contributed by atoms with E-state index in [1.54, 1.807) is 25.2 Å². The number of amides is 1. The Morgan fingerprint density at radius 3 is 2.67 bits per heavy atom. The molecule has 6 nitrogen and oxygen atoms in total. The standard InChI is InChI=1S/C15H24N4O2/c1-18(2)15(20)12-3-4-14(17-11-12)19-8-5-13(6-9-19)21-10-7-16/h3-4,11,13H,5-10,16H2,1-2H3. The molecule has 0 saturated carbocycles. The molecule has 2 heterocycles. The molecule has 116 valence electrons. The molecule has 0 bridgehead atoms. The van der Waals surface area contributed by atoms with Crippen molar-refractivity contribution in [2.24, 2.45) is 5.73 Å². The van der Waals surface area contributed by atoms with Crippen molar-refractivity contribution in [1.82, 2.24) is 9.88 Å². The number of ether oxygens (including phenoxy) is 1. The van der Waals surface area contributed by atoms with Crippen molar-refractivity contribution in [3.8, 4) is 0 Å². The number of carbonyl (C=O) groups excluding carboxylic acids is 1. The lowest BCUT2D eigenvalue weighted by Crippen LogP contribution is -2.38. The summed E-state index contributed by atoms with van der Waals surface area (Å²) in [4.78, 5) is 20.0. The third-order valence-electron chi connectivity index (χ3n) is 3.64. The van der Waals surface area contributed by atoms with E-state index in [1.807, 2.05) is 12.1 Å². The molecular weight excluding hydrogens is 268 g/mol. The molecule has 0 unspecified atom stereocenters. The molecule has 1 fully saturated rings. The first-order valence-corrected chi connectivity index (χ1v) is 7.36. The second kappa shape index (κ2) is 7.38. The quantitative estimate of drug-likeness (QED) is 0.866. The normalized spacial score (nSPS) is 16.0. The molecule has 0 aromatic carbocycles. The Morgan fingerprint density at radius 1 is 1.43 bits per heavy atom. The molecule has 0 radical (unpaired) electrons. The second-order valence-corrected chi connectivity index (χ2v) is 5.45. The van der Waals surface area contributed by atoms with Gasteiger partial charge in [-0.15, -0.1) is 0 Å². The lowest BCUT2D eigenvalue weighted by atomic mass is 10.1. The van der Waals surface area contributed by atoms with Gasteiger partial charge in [0.05, 0.1) is 18.3 Å². The molecule has 1 aromatic heterocycles. The van der Waals surface area contributed by atoms with Crippen molar-refractivity contribution >= 4 is 11.7 Å². The topological polar surface area (TPSA) is 71.7 Å². The van der Waals surface area contributed by atoms with Gasteiger partial charge in [-0.05, 0) is 25.0 Å². The molecule has 2 N–H and O–H groups in total. The highest BCUT2D eigenvalue weighted by molar-refractivity contribution is 5.93. The van der Waals surface area contributed by atoms with E-state index in [9.17, 15) is 4.79 Å². The van der Waals surface area contributed by atoms with E-state index in [2.05, 4.69) is 9.88 Å². The lowest BCUT2D eigenvalue weighted by molar-refractivity contribution is 0.0421. The van der Waals surface area contributed by atoms with Crippen LogP contribution < -0.4 is 10.6 Å². The first-order valence-electron chi connectivity index (χ1n) is 7.36. The van der Waals surface area contributed by atoms with E-state index in [4.69, 9.17) is 10.5 Å². The maximum atomic E-state index is 11.8. The zero-order chi connectivity index (χ0) is 15.2. The van der Waals surface area contributed by atoms with Gasteiger partial charge >= 0.3 is 0 Å². The minimum Gasteiger partial charge on any atom is -0.377 e. The molecule has 6 heteroatoms. The Bertz CT molecular complexity index is 453. The summed E-state index contributed by atoms with van der Waals surface area (Å²) in [5.74, 6) is 0.894. The molecule has 1 amide bonds. The predicted molar refractivity (Wildman–Crippen MR) is 82.5 cm³/mol. The van der Waals surface area contributed by atoms with Gasteiger partial charge in [-0.2, -0.15) is 0 Å². The summed E-state index contributed by atoms with van der Waals surface area (Å²) in [5.41, 5.74) is 6.06. The van der Waals surface area contributed by atoms with E-state index in [-0.39, 0.29) is 5.91 Å². The number of hydrogen-bond donors (Lipinski definition) is 1. The SMILES string of the molecule is CN(C)C(=O)c1ccc(N2CCC(OCCN)CC2)nc1. The highest BCUT2D eigenvalue weighted by Crippen LogP contribution is 2.19. The Labute approximate surface area is 125 Å². The molecule has 0 atom stereocenters. The van der Waals surface area contributed by atoms with Crippen molar-refractivity contribution in [2.75, 3.05) is 45.2 Å². The average Bonchev–Trinajstić information content (AvgIpc) is 2.53. The van der Waals surface area contributed by atoms with Crippen molar-refractivity contribution in [3.63, 3.8) is 0 Å². The number of rotatable bonds is 5. The highest BCUT2D eigenvalue weighted by atomic mass is 16.5. The molecule has 1 saturated heterocycles. The Balaban J connectivity index is 1.90. The van der Waals surface area contributed by atoms with Gasteiger partial charge in [-0.25, -0.2) is 4.98 Å². The number of carbonyl (C=O) groups is 1. The fourth-order valence-corrected chi connectivity index (χ4v) is 2.44. The summed E-state index contributed by atoms with van der Waals surface area (Å²) < 4.78 is 5.67. The summed E-state index contributed by atoms with van der Waals surface area (Å²) >= 11 is 0. The van der Waals surface area contributed by atoms with Gasteiger partial charge in [-0.3, -0.25) is 4.79 Å². The first kappa shape index (κ1) is 15.7. The number of aromatic nitrogens is 1. The first-order chi connectivity index (χ1) is 10.1. The van der Waals surface area contributed by atoms with Crippen molar-refractivity contribution < 1.29 is 9.53 Å². The van der Waals surface area contributed by atoms with Crippen LogP contribution in [-0.4, -0.2) is 62.2 Å². The summed E-state index contributed by atoms with van der Waals surface area (Å²) in [5, 5.41) is 0. The Morgan fingerprint density at radius 2 is 2.14 bits per heavy atom. The van der Waals surface area contributed by atoms with Crippen LogP contribution in [-0.2, 0) is 4.74 Å². The van der Waals surface area contributed by atoms with Crippen LogP contribution >= 0.6 is 0 Å². The third-order valence-corrected chi connectivity index (χ3v) is 3.64. The Kier molecular flexibility index (Phi) is 5.52. The van der Waals surface area contributed by atoms with Gasteiger partial charge in [0.15, 0.2) is 0 Å². The van der Waals surface area contributed by atoms with Crippen LogP contribution in [0.1, 0.15) is 23.2 Å². The maximum absolute atomic E-state index is 11.8. The van der Waals surface area contributed by atoms with Gasteiger partial charge in [0.1, 0.15) is 5.82 Å². The number of hydrogen-bond acceptors (Lipinski definition) is 5. The van der Waals surface area contributed by atoms with Crippen molar-refractivity contribution in [1.29, 1.82) is 0 Å². The summed E-state index contributed by atoms with van der Waals surface area (Å²) in [7, 11) is 3.48. The van der Waals surface area contributed by atoms with E-state index >= 15 is 0 Å². The monoisotopic (exact) mass is 292 g/mol. The van der Waals surface area contributed by atoms with Crippen LogP contribution in [0.5, 0.6) is 0 Å². The van der Waals surface area contributed by atoms with Crippen molar-refractivity contribution in [3.05, 3.63) is 23.9 Å². The van der Waals surface area contributed by atoms with Crippen LogP contribution in [0.4, 0.5) is 5.82 Å². The summed E-state index contributed by atoms with van der Waals surface area (Å²) in [6.45, 7) is 3.04. The lowest BCUT2D eigenvalue weighted by Gasteiger charge is -2.32.